The second-order valence-corrected chi connectivity index (χ2v) is 7.50. The van der Waals surface area contributed by atoms with Crippen molar-refractivity contribution < 1.29 is 22.8 Å². The number of sulfonamides is 1. The van der Waals surface area contributed by atoms with Gasteiger partial charge in [0.05, 0.1) is 23.0 Å². The topological polar surface area (TPSA) is 108 Å². The minimum Gasteiger partial charge on any atom is -0.493 e. The molecule has 0 atom stereocenters. The van der Waals surface area contributed by atoms with Crippen LogP contribution in [0.3, 0.4) is 0 Å². The molecule has 2 aromatic carbocycles. The Bertz CT molecular complexity index is 896. The highest BCUT2D eigenvalue weighted by Crippen LogP contribution is 2.29. The number of hydrogen-bond acceptors (Lipinski definition) is 6. The lowest BCUT2D eigenvalue weighted by Gasteiger charge is -2.14. The molecule has 140 valence electrons. The highest BCUT2D eigenvalue weighted by atomic mass is 32.2. The first-order chi connectivity index (χ1) is 12.2. The summed E-state index contributed by atoms with van der Waals surface area (Å²) in [5.41, 5.74) is 0.372. The summed E-state index contributed by atoms with van der Waals surface area (Å²) in [6, 6.07) is 9.97. The van der Waals surface area contributed by atoms with Crippen LogP contribution in [0.25, 0.3) is 0 Å². The lowest BCUT2D eigenvalue weighted by molar-refractivity contribution is -0.385. The molecule has 0 amide bonds. The van der Waals surface area contributed by atoms with Gasteiger partial charge in [0.25, 0.3) is 5.69 Å². The fourth-order valence-electron chi connectivity index (χ4n) is 2.20. The number of non-ortho nitro benzene ring substituents is 1. The third-order valence-electron chi connectivity index (χ3n) is 3.40. The number of rotatable bonds is 8. The zero-order valence-corrected chi connectivity index (χ0v) is 15.4. The van der Waals surface area contributed by atoms with Crippen molar-refractivity contribution in [2.24, 2.45) is 0 Å². The van der Waals surface area contributed by atoms with Gasteiger partial charge in [-0.3, -0.25) is 10.1 Å². The van der Waals surface area contributed by atoms with E-state index in [2.05, 4.69) is 4.72 Å². The minimum atomic E-state index is -3.89. The van der Waals surface area contributed by atoms with Gasteiger partial charge in [0, 0.05) is 18.7 Å². The van der Waals surface area contributed by atoms with Crippen LogP contribution in [0.1, 0.15) is 19.4 Å². The van der Waals surface area contributed by atoms with E-state index in [9.17, 15) is 18.5 Å². The standard InChI is InChI=1S/C17H20N2O6S/c1-12(2)25-16-8-7-13(9-17(16)24-3)11-18-26(22,23)15-6-4-5-14(10-15)19(20)21/h4-10,12,18H,11H2,1-3H3. The van der Waals surface area contributed by atoms with Crippen LogP contribution in [-0.4, -0.2) is 26.6 Å². The van der Waals surface area contributed by atoms with Gasteiger partial charge < -0.3 is 9.47 Å². The summed E-state index contributed by atoms with van der Waals surface area (Å²) in [5.74, 6) is 1.05. The predicted molar refractivity (Wildman–Crippen MR) is 95.9 cm³/mol. The summed E-state index contributed by atoms with van der Waals surface area (Å²) in [6.45, 7) is 3.78. The van der Waals surface area contributed by atoms with E-state index >= 15 is 0 Å². The normalized spacial score (nSPS) is 11.4. The van der Waals surface area contributed by atoms with E-state index < -0.39 is 14.9 Å². The fourth-order valence-corrected chi connectivity index (χ4v) is 3.26. The van der Waals surface area contributed by atoms with E-state index in [1.54, 1.807) is 18.2 Å². The molecular formula is C17H20N2O6S. The van der Waals surface area contributed by atoms with E-state index in [0.29, 0.717) is 17.1 Å². The van der Waals surface area contributed by atoms with Crippen LogP contribution in [0.4, 0.5) is 5.69 Å². The summed E-state index contributed by atoms with van der Waals surface area (Å²) in [5, 5.41) is 10.8. The van der Waals surface area contributed by atoms with Crippen LogP contribution in [0.15, 0.2) is 47.4 Å². The summed E-state index contributed by atoms with van der Waals surface area (Å²) < 4.78 is 38.0. The monoisotopic (exact) mass is 380 g/mol. The molecule has 0 aromatic heterocycles. The number of methoxy groups -OCH3 is 1. The Hall–Kier alpha value is -2.65. The first-order valence-electron chi connectivity index (χ1n) is 7.80. The largest absolute Gasteiger partial charge is 0.493 e. The van der Waals surface area contributed by atoms with Crippen molar-refractivity contribution in [3.05, 3.63) is 58.1 Å². The third kappa shape index (κ3) is 4.93. The van der Waals surface area contributed by atoms with E-state index in [0.717, 1.165) is 6.07 Å². The van der Waals surface area contributed by atoms with Crippen molar-refractivity contribution in [1.29, 1.82) is 0 Å². The quantitative estimate of drug-likeness (QED) is 0.557. The predicted octanol–water partition coefficient (Wildman–Crippen LogP) is 2.87. The maximum Gasteiger partial charge on any atom is 0.270 e. The van der Waals surface area contributed by atoms with E-state index in [4.69, 9.17) is 9.47 Å². The molecule has 0 aliphatic carbocycles. The number of nitro groups is 1. The first-order valence-corrected chi connectivity index (χ1v) is 9.29. The van der Waals surface area contributed by atoms with Crippen LogP contribution >= 0.6 is 0 Å². The first kappa shape index (κ1) is 19.7. The van der Waals surface area contributed by atoms with Gasteiger partial charge in [-0.15, -0.1) is 0 Å². The van der Waals surface area contributed by atoms with E-state index in [1.807, 2.05) is 13.8 Å². The van der Waals surface area contributed by atoms with Crippen molar-refractivity contribution in [2.75, 3.05) is 7.11 Å². The highest BCUT2D eigenvalue weighted by molar-refractivity contribution is 7.89. The van der Waals surface area contributed by atoms with E-state index in [1.165, 1.54) is 25.3 Å². The summed E-state index contributed by atoms with van der Waals surface area (Å²) >= 11 is 0. The SMILES string of the molecule is COc1cc(CNS(=O)(=O)c2cccc([N+](=O)[O-])c2)ccc1OC(C)C. The number of nitro benzene ring substituents is 1. The number of nitrogens with one attached hydrogen (secondary N) is 1. The molecule has 0 aliphatic rings. The van der Waals surface area contributed by atoms with Crippen molar-refractivity contribution >= 4 is 15.7 Å². The highest BCUT2D eigenvalue weighted by Gasteiger charge is 2.18. The molecule has 0 unspecified atom stereocenters. The van der Waals surface area contributed by atoms with Crippen LogP contribution in [0.2, 0.25) is 0 Å². The molecule has 0 spiro atoms. The van der Waals surface area contributed by atoms with Crippen molar-refractivity contribution in [2.45, 2.75) is 31.4 Å². The zero-order chi connectivity index (χ0) is 19.3. The molecule has 0 saturated heterocycles. The molecular weight excluding hydrogens is 360 g/mol. The van der Waals surface area contributed by atoms with Gasteiger partial charge >= 0.3 is 0 Å². The molecule has 0 bridgehead atoms. The van der Waals surface area contributed by atoms with Crippen LogP contribution < -0.4 is 14.2 Å². The van der Waals surface area contributed by atoms with E-state index in [-0.39, 0.29) is 23.2 Å². The number of nitrogens with zero attached hydrogens (tertiary/aromatic N) is 1. The van der Waals surface area contributed by atoms with Crippen molar-refractivity contribution in [1.82, 2.24) is 4.72 Å². The second kappa shape index (κ2) is 8.15. The van der Waals surface area contributed by atoms with Gasteiger partial charge in [-0.2, -0.15) is 0 Å². The van der Waals surface area contributed by atoms with Crippen LogP contribution in [-0.2, 0) is 16.6 Å². The molecule has 8 nitrogen and oxygen atoms in total. The fraction of sp³-hybridized carbons (Fsp3) is 0.294. The Balaban J connectivity index is 2.17. The average Bonchev–Trinajstić information content (AvgIpc) is 2.60. The molecule has 0 radical (unpaired) electrons. The summed E-state index contributed by atoms with van der Waals surface area (Å²) in [4.78, 5) is 9.99. The van der Waals surface area contributed by atoms with Crippen LogP contribution in [0.5, 0.6) is 11.5 Å². The molecule has 0 heterocycles. The Morgan fingerprint density at radius 2 is 1.88 bits per heavy atom. The second-order valence-electron chi connectivity index (χ2n) is 5.73. The summed E-state index contributed by atoms with van der Waals surface area (Å²) in [7, 11) is -2.39. The van der Waals surface area contributed by atoms with Gasteiger partial charge in [-0.05, 0) is 37.6 Å². The van der Waals surface area contributed by atoms with Crippen molar-refractivity contribution in [3.63, 3.8) is 0 Å². The molecule has 0 aliphatic heterocycles. The Labute approximate surface area is 152 Å². The molecule has 26 heavy (non-hydrogen) atoms. The molecule has 0 fully saturated rings. The Morgan fingerprint density at radius 3 is 2.50 bits per heavy atom. The molecule has 0 saturated carbocycles. The lowest BCUT2D eigenvalue weighted by atomic mass is 10.2. The maximum absolute atomic E-state index is 12.4. The number of benzene rings is 2. The van der Waals surface area contributed by atoms with Gasteiger partial charge in [0.1, 0.15) is 0 Å². The van der Waals surface area contributed by atoms with Gasteiger partial charge in [0.15, 0.2) is 11.5 Å². The van der Waals surface area contributed by atoms with Gasteiger partial charge in [-0.25, -0.2) is 13.1 Å². The Kier molecular flexibility index (Phi) is 6.17. The lowest BCUT2D eigenvalue weighted by Crippen LogP contribution is -2.23. The molecule has 2 rings (SSSR count). The average molecular weight is 380 g/mol. The minimum absolute atomic E-state index is 0.00332. The molecule has 2 aromatic rings. The van der Waals surface area contributed by atoms with Crippen LogP contribution in [0, 0.1) is 10.1 Å². The third-order valence-corrected chi connectivity index (χ3v) is 4.79. The maximum atomic E-state index is 12.4. The smallest absolute Gasteiger partial charge is 0.270 e. The van der Waals surface area contributed by atoms with Gasteiger partial charge in [0.2, 0.25) is 10.0 Å². The molecule has 1 N–H and O–H groups in total. The zero-order valence-electron chi connectivity index (χ0n) is 14.6. The van der Waals surface area contributed by atoms with Crippen molar-refractivity contribution in [3.8, 4) is 11.5 Å². The molecule has 9 heteroatoms. The number of ether oxygens (including phenoxy) is 2. The Morgan fingerprint density at radius 1 is 1.15 bits per heavy atom. The number of hydrogen-bond donors (Lipinski definition) is 1. The van der Waals surface area contributed by atoms with Gasteiger partial charge in [-0.1, -0.05) is 12.1 Å². The summed E-state index contributed by atoms with van der Waals surface area (Å²) in [6.07, 6.45) is -0.0258.